The van der Waals surface area contributed by atoms with E-state index in [0.29, 0.717) is 6.42 Å². The first-order valence-electron chi connectivity index (χ1n) is 6.47. The molecule has 6 nitrogen and oxygen atoms in total. The second-order valence-corrected chi connectivity index (χ2v) is 5.91. The van der Waals surface area contributed by atoms with Gasteiger partial charge < -0.3 is 13.7 Å². The highest BCUT2D eigenvalue weighted by Gasteiger charge is 2.48. The molecule has 0 bridgehead atoms. The van der Waals surface area contributed by atoms with Crippen LogP contribution in [0.25, 0.3) is 0 Å². The number of halogens is 3. The summed E-state index contributed by atoms with van der Waals surface area (Å²) in [5, 5.41) is 0. The van der Waals surface area contributed by atoms with Crippen LogP contribution in [0.5, 0.6) is 11.5 Å². The third kappa shape index (κ3) is 5.31. The van der Waals surface area contributed by atoms with Gasteiger partial charge in [-0.05, 0) is 18.6 Å². The summed E-state index contributed by atoms with van der Waals surface area (Å²) in [7, 11) is -4.78. The van der Waals surface area contributed by atoms with Crippen molar-refractivity contribution in [2.45, 2.75) is 25.3 Å². The zero-order valence-electron chi connectivity index (χ0n) is 12.3. The molecule has 0 heterocycles. The monoisotopic (exact) mass is 356 g/mol. The topological polar surface area (TPSA) is 78.9 Å². The van der Waals surface area contributed by atoms with Gasteiger partial charge in [0.2, 0.25) is 0 Å². The van der Waals surface area contributed by atoms with E-state index in [4.69, 9.17) is 4.74 Å². The van der Waals surface area contributed by atoms with Crippen LogP contribution in [0, 0.1) is 0 Å². The van der Waals surface area contributed by atoms with Crippen LogP contribution in [0.15, 0.2) is 18.2 Å². The smallest absolute Gasteiger partial charge is 0.493 e. The Morgan fingerprint density at radius 2 is 1.78 bits per heavy atom. The molecule has 0 saturated carbocycles. The van der Waals surface area contributed by atoms with Gasteiger partial charge in [-0.1, -0.05) is 13.3 Å². The fourth-order valence-electron chi connectivity index (χ4n) is 1.45. The maximum absolute atomic E-state index is 12.4. The predicted molar refractivity (Wildman–Crippen MR) is 73.8 cm³/mol. The van der Waals surface area contributed by atoms with Gasteiger partial charge in [0.25, 0.3) is 0 Å². The summed E-state index contributed by atoms with van der Waals surface area (Å²) < 4.78 is 72.9. The first-order chi connectivity index (χ1) is 10.6. The minimum atomic E-state index is -5.85. The van der Waals surface area contributed by atoms with Crippen LogP contribution in [0.2, 0.25) is 0 Å². The van der Waals surface area contributed by atoms with Crippen molar-refractivity contribution in [3.63, 3.8) is 0 Å². The van der Waals surface area contributed by atoms with Crippen molar-refractivity contribution in [2.24, 2.45) is 0 Å². The van der Waals surface area contributed by atoms with Gasteiger partial charge in [-0.25, -0.2) is 4.79 Å². The van der Waals surface area contributed by atoms with E-state index in [1.165, 1.54) is 6.07 Å². The molecule has 0 aliphatic heterocycles. The van der Waals surface area contributed by atoms with Crippen LogP contribution in [0.3, 0.4) is 0 Å². The molecule has 0 radical (unpaired) electrons. The van der Waals surface area contributed by atoms with Crippen LogP contribution < -0.4 is 8.92 Å². The Bertz CT molecular complexity index is 654. The van der Waals surface area contributed by atoms with Gasteiger partial charge in [0.1, 0.15) is 11.5 Å². The van der Waals surface area contributed by atoms with E-state index in [9.17, 15) is 26.4 Å². The highest BCUT2D eigenvalue weighted by atomic mass is 32.2. The minimum absolute atomic E-state index is 0.00581. The first-order valence-corrected chi connectivity index (χ1v) is 7.88. The molecule has 0 N–H and O–H groups in total. The van der Waals surface area contributed by atoms with Crippen LogP contribution in [-0.4, -0.2) is 33.6 Å². The number of carbonyl (C=O) groups excluding carboxylic acids is 1. The first kappa shape index (κ1) is 19.1. The lowest BCUT2D eigenvalue weighted by Crippen LogP contribution is -2.28. The highest BCUT2D eigenvalue weighted by Crippen LogP contribution is 2.30. The fraction of sp³-hybridized carbons (Fsp3) is 0.462. The SMILES string of the molecule is CCCCOc1cc(OS(=O)(=O)C(F)(F)F)cc(C(=O)OC)c1. The number of methoxy groups -OCH3 is 1. The molecule has 0 unspecified atom stereocenters. The summed E-state index contributed by atoms with van der Waals surface area (Å²) in [6, 6.07) is 2.99. The van der Waals surface area contributed by atoms with Crippen LogP contribution in [0.4, 0.5) is 13.2 Å². The molecule has 0 fully saturated rings. The Morgan fingerprint density at radius 3 is 2.30 bits per heavy atom. The molecule has 1 rings (SSSR count). The Kier molecular flexibility index (Phi) is 6.25. The fourth-order valence-corrected chi connectivity index (χ4v) is 1.89. The second kappa shape index (κ2) is 7.53. The largest absolute Gasteiger partial charge is 0.534 e. The van der Waals surface area contributed by atoms with Gasteiger partial charge in [0.15, 0.2) is 0 Å². The Labute approximate surface area is 131 Å². The maximum Gasteiger partial charge on any atom is 0.534 e. The quantitative estimate of drug-likeness (QED) is 0.323. The molecule has 0 aliphatic carbocycles. The molecule has 130 valence electrons. The number of ether oxygens (including phenoxy) is 2. The van der Waals surface area contributed by atoms with Crippen molar-refractivity contribution in [3.8, 4) is 11.5 Å². The van der Waals surface area contributed by atoms with Crippen LogP contribution >= 0.6 is 0 Å². The van der Waals surface area contributed by atoms with Gasteiger partial charge in [-0.3, -0.25) is 0 Å². The van der Waals surface area contributed by atoms with Crippen molar-refractivity contribution in [2.75, 3.05) is 13.7 Å². The lowest BCUT2D eigenvalue weighted by atomic mass is 10.2. The number of unbranched alkanes of at least 4 members (excludes halogenated alkanes) is 1. The van der Waals surface area contributed by atoms with Crippen LogP contribution in [0.1, 0.15) is 30.1 Å². The van der Waals surface area contributed by atoms with Crippen molar-refractivity contribution < 1.29 is 40.0 Å². The predicted octanol–water partition coefficient (Wildman–Crippen LogP) is 2.88. The average molecular weight is 356 g/mol. The minimum Gasteiger partial charge on any atom is -0.493 e. The lowest BCUT2D eigenvalue weighted by molar-refractivity contribution is -0.0500. The maximum atomic E-state index is 12.4. The van der Waals surface area contributed by atoms with Gasteiger partial charge in [-0.15, -0.1) is 0 Å². The lowest BCUT2D eigenvalue weighted by Gasteiger charge is -2.12. The second-order valence-electron chi connectivity index (χ2n) is 4.37. The zero-order valence-corrected chi connectivity index (χ0v) is 13.2. The molecular formula is C13H15F3O6S. The summed E-state index contributed by atoms with van der Waals surface area (Å²) in [5.74, 6) is -1.58. The molecule has 1 aromatic rings. The molecule has 0 aliphatic rings. The Morgan fingerprint density at radius 1 is 1.17 bits per heavy atom. The molecule has 10 heteroatoms. The number of carbonyl (C=O) groups is 1. The van der Waals surface area contributed by atoms with Crippen molar-refractivity contribution in [1.82, 2.24) is 0 Å². The standard InChI is InChI=1S/C13H15F3O6S/c1-3-4-5-21-10-6-9(12(17)20-2)7-11(8-10)22-23(18,19)13(14,15)16/h6-8H,3-5H2,1-2H3. The number of alkyl halides is 3. The van der Waals surface area contributed by atoms with Gasteiger partial charge in [0, 0.05) is 6.07 Å². The number of hydrogen-bond donors (Lipinski definition) is 0. The van der Waals surface area contributed by atoms with Gasteiger partial charge in [0.05, 0.1) is 19.3 Å². The van der Waals surface area contributed by atoms with Crippen molar-refractivity contribution >= 4 is 16.1 Å². The summed E-state index contributed by atoms with van der Waals surface area (Å²) in [5.41, 5.74) is -5.79. The van der Waals surface area contributed by atoms with E-state index in [2.05, 4.69) is 8.92 Å². The molecule has 0 saturated heterocycles. The molecule has 0 atom stereocenters. The Hall–Kier alpha value is -1.97. The third-order valence-corrected chi connectivity index (χ3v) is 3.54. The normalized spacial score (nSPS) is 11.9. The van der Waals surface area contributed by atoms with E-state index >= 15 is 0 Å². The van der Waals surface area contributed by atoms with Crippen molar-refractivity contribution in [3.05, 3.63) is 23.8 Å². The van der Waals surface area contributed by atoms with Crippen LogP contribution in [-0.2, 0) is 14.9 Å². The van der Waals surface area contributed by atoms with Gasteiger partial charge in [-0.2, -0.15) is 21.6 Å². The summed E-state index contributed by atoms with van der Waals surface area (Å²) in [6.07, 6.45) is 1.47. The molecule has 1 aromatic carbocycles. The van der Waals surface area contributed by atoms with Gasteiger partial charge >= 0.3 is 21.6 Å². The summed E-state index contributed by atoms with van der Waals surface area (Å²) in [4.78, 5) is 11.5. The summed E-state index contributed by atoms with van der Waals surface area (Å²) >= 11 is 0. The van der Waals surface area contributed by atoms with E-state index in [0.717, 1.165) is 25.7 Å². The Balaban J connectivity index is 3.15. The van der Waals surface area contributed by atoms with E-state index < -0.39 is 27.3 Å². The zero-order chi connectivity index (χ0) is 17.7. The van der Waals surface area contributed by atoms with E-state index in [1.807, 2.05) is 6.92 Å². The highest BCUT2D eigenvalue weighted by molar-refractivity contribution is 7.88. The molecule has 23 heavy (non-hydrogen) atoms. The van der Waals surface area contributed by atoms with E-state index in [1.54, 1.807) is 0 Å². The number of rotatable bonds is 7. The summed E-state index contributed by atoms with van der Waals surface area (Å²) in [6.45, 7) is 2.14. The van der Waals surface area contributed by atoms with E-state index in [-0.39, 0.29) is 17.9 Å². The number of benzene rings is 1. The molecule has 0 aromatic heterocycles. The molecule has 0 amide bonds. The number of esters is 1. The third-order valence-electron chi connectivity index (χ3n) is 2.56. The molecular weight excluding hydrogens is 341 g/mol. The molecule has 0 spiro atoms. The number of hydrogen-bond acceptors (Lipinski definition) is 6. The van der Waals surface area contributed by atoms with Crippen molar-refractivity contribution in [1.29, 1.82) is 0 Å². The average Bonchev–Trinajstić information content (AvgIpc) is 2.44.